The lowest BCUT2D eigenvalue weighted by Gasteiger charge is -2.44. The Hall–Kier alpha value is -5.46. The lowest BCUT2D eigenvalue weighted by Crippen LogP contribution is -2.66. The Labute approximate surface area is 423 Å². The fourth-order valence-corrected chi connectivity index (χ4v) is 7.34. The fraction of sp³-hybridized carbons (Fsp3) is 0.778. The molecular formula is C45H73N5O23. The van der Waals surface area contributed by atoms with Crippen LogP contribution in [0, 0.1) is 5.92 Å². The highest BCUT2D eigenvalue weighted by Gasteiger charge is 2.52. The van der Waals surface area contributed by atoms with Gasteiger partial charge in [-0.25, -0.2) is 0 Å². The van der Waals surface area contributed by atoms with Gasteiger partial charge >= 0.3 is 29.8 Å². The van der Waals surface area contributed by atoms with Crippen molar-refractivity contribution in [2.24, 2.45) is 5.92 Å². The van der Waals surface area contributed by atoms with Crippen molar-refractivity contribution in [2.45, 2.75) is 111 Å². The lowest BCUT2D eigenvalue weighted by atomic mass is 9.84. The summed E-state index contributed by atoms with van der Waals surface area (Å²) in [6.07, 6.45) is -8.26. The zero-order valence-corrected chi connectivity index (χ0v) is 42.9. The van der Waals surface area contributed by atoms with Crippen LogP contribution in [0.4, 0.5) is 0 Å². The number of nitrogens with zero attached hydrogens (tertiary/aromatic N) is 1. The third-order valence-corrected chi connectivity index (χ3v) is 10.1. The Morgan fingerprint density at radius 1 is 0.452 bits per heavy atom. The van der Waals surface area contributed by atoms with Gasteiger partial charge in [0.2, 0.25) is 23.6 Å². The average Bonchev–Trinajstić information content (AvgIpc) is 3.27. The number of nitrogens with one attached hydrogen (secondary N) is 4. The van der Waals surface area contributed by atoms with E-state index in [2.05, 4.69) is 21.3 Å². The van der Waals surface area contributed by atoms with Crippen molar-refractivity contribution >= 4 is 59.3 Å². The number of ether oxygens (including phenoxy) is 13. The molecule has 4 amide bonds. The smallest absolute Gasteiger partial charge is 0.303 e. The number of ketones is 1. The topological polar surface area (TPSA) is 342 Å². The van der Waals surface area contributed by atoms with Gasteiger partial charge in [-0.3, -0.25) is 52.8 Å². The van der Waals surface area contributed by atoms with Crippen molar-refractivity contribution in [3.8, 4) is 0 Å². The number of carbonyl (C=O) groups excluding carboxylic acids is 10. The van der Waals surface area contributed by atoms with E-state index in [1.807, 2.05) is 0 Å². The molecule has 10 atom stereocenters. The van der Waals surface area contributed by atoms with Gasteiger partial charge in [0.25, 0.3) is 0 Å². The van der Waals surface area contributed by atoms with Crippen LogP contribution in [0.2, 0.25) is 0 Å². The minimum absolute atomic E-state index is 0.0324. The van der Waals surface area contributed by atoms with E-state index in [1.165, 1.54) is 39.5 Å². The van der Waals surface area contributed by atoms with E-state index in [9.17, 15) is 47.9 Å². The van der Waals surface area contributed by atoms with Gasteiger partial charge in [-0.2, -0.15) is 0 Å². The van der Waals surface area contributed by atoms with Crippen LogP contribution in [-0.2, 0) is 110 Å². The van der Waals surface area contributed by atoms with Gasteiger partial charge in [0.1, 0.15) is 43.4 Å². The molecule has 2 aliphatic heterocycles. The summed E-state index contributed by atoms with van der Waals surface area (Å²) in [5.41, 5.74) is 0. The van der Waals surface area contributed by atoms with Gasteiger partial charge in [-0.15, -0.1) is 0 Å². The van der Waals surface area contributed by atoms with E-state index in [0.717, 1.165) is 20.8 Å². The van der Waals surface area contributed by atoms with Crippen LogP contribution in [0.5, 0.6) is 0 Å². The maximum absolute atomic E-state index is 12.8. The van der Waals surface area contributed by atoms with E-state index in [0.29, 0.717) is 0 Å². The molecule has 28 nitrogen and oxygen atoms in total. The second-order valence-corrected chi connectivity index (χ2v) is 16.6. The lowest BCUT2D eigenvalue weighted by molar-refractivity contribution is -0.279. The second-order valence-electron chi connectivity index (χ2n) is 16.6. The zero-order chi connectivity index (χ0) is 54.5. The maximum atomic E-state index is 12.8. The molecule has 0 spiro atoms. The van der Waals surface area contributed by atoms with E-state index in [-0.39, 0.29) is 117 Å². The summed E-state index contributed by atoms with van der Waals surface area (Å²) < 4.78 is 72.0. The molecule has 0 bridgehead atoms. The summed E-state index contributed by atoms with van der Waals surface area (Å²) >= 11 is 0. The number of likely N-dealkylation sites (N-methyl/N-ethyl adjacent to an activating group) is 1. The summed E-state index contributed by atoms with van der Waals surface area (Å²) in [6.45, 7) is 10.2. The monoisotopic (exact) mass is 1050 g/mol. The van der Waals surface area contributed by atoms with Gasteiger partial charge in [0.05, 0.1) is 91.1 Å². The third kappa shape index (κ3) is 26.4. The Morgan fingerprint density at radius 3 is 1.23 bits per heavy atom. The van der Waals surface area contributed by atoms with Crippen molar-refractivity contribution in [3.05, 3.63) is 0 Å². The van der Waals surface area contributed by atoms with Crippen LogP contribution in [0.25, 0.3) is 0 Å². The van der Waals surface area contributed by atoms with Crippen molar-refractivity contribution in [1.82, 2.24) is 26.2 Å². The number of amides is 4. The molecule has 4 N–H and O–H groups in total. The first-order valence-electron chi connectivity index (χ1n) is 23.5. The summed E-state index contributed by atoms with van der Waals surface area (Å²) in [7, 11) is 1.61. The fourth-order valence-electron chi connectivity index (χ4n) is 7.34. The predicted octanol–water partition coefficient (Wildman–Crippen LogP) is -3.16. The Morgan fingerprint density at radius 2 is 0.822 bits per heavy atom. The first-order chi connectivity index (χ1) is 34.6. The molecule has 2 fully saturated rings. The first-order valence-corrected chi connectivity index (χ1v) is 23.5. The van der Waals surface area contributed by atoms with Gasteiger partial charge in [-0.1, -0.05) is 0 Å². The van der Waals surface area contributed by atoms with Crippen LogP contribution in [-0.4, -0.2) is 232 Å². The number of esters is 5. The van der Waals surface area contributed by atoms with Crippen molar-refractivity contribution in [3.63, 3.8) is 0 Å². The normalized spacial score (nSPS) is 23.5. The molecule has 0 radical (unpaired) electrons. The van der Waals surface area contributed by atoms with E-state index >= 15 is 0 Å². The molecule has 0 aliphatic carbocycles. The highest BCUT2D eigenvalue weighted by Crippen LogP contribution is 2.31. The van der Waals surface area contributed by atoms with E-state index in [4.69, 9.17) is 61.6 Å². The summed E-state index contributed by atoms with van der Waals surface area (Å²) in [5.74, 6) is -6.56. The maximum Gasteiger partial charge on any atom is 0.303 e. The molecule has 0 aromatic carbocycles. The van der Waals surface area contributed by atoms with E-state index < -0.39 is 109 Å². The van der Waals surface area contributed by atoms with Gasteiger partial charge in [0, 0.05) is 61.6 Å². The molecule has 10 unspecified atom stereocenters. The molecule has 2 saturated heterocycles. The zero-order valence-electron chi connectivity index (χ0n) is 42.9. The summed E-state index contributed by atoms with van der Waals surface area (Å²) in [5, 5.41) is 10.6. The van der Waals surface area contributed by atoms with Crippen LogP contribution in [0.1, 0.15) is 55.4 Å². The largest absolute Gasteiger partial charge is 0.463 e. The molecule has 0 aromatic heterocycles. The van der Waals surface area contributed by atoms with Gasteiger partial charge in [-0.05, 0) is 14.0 Å². The number of hydrogen-bond donors (Lipinski definition) is 4. The quantitative estimate of drug-likeness (QED) is 0.0281. The standard InChI is InChI=1S/C45H73N5O23/c1-26(51)38-39(48-27(2)52)44(72-34(24-67-29(4)54)41(38)69-31(6)56)65-20-18-63-16-14-61-12-10-46-36(59)22-50(9)23-37(60)47-11-13-62-15-17-64-19-21-66-45-40(49-28(3)53)43(71-33(8)58)42(70-32(7)57)35(73-45)25-68-30(5)55/h34-35,38-45H,10-25H2,1-9H3,(H,46,59)(H,47,60)(H,48,52)(H,49,53). The van der Waals surface area contributed by atoms with Crippen molar-refractivity contribution < 1.29 is 110 Å². The number of hydrogen-bond acceptors (Lipinski definition) is 24. The Balaban J connectivity index is 1.61. The molecule has 0 saturated carbocycles. The molecule has 2 aliphatic rings. The van der Waals surface area contributed by atoms with Crippen LogP contribution in [0.3, 0.4) is 0 Å². The highest BCUT2D eigenvalue weighted by atomic mass is 16.7. The molecule has 28 heteroatoms. The molecule has 73 heavy (non-hydrogen) atoms. The molecule has 416 valence electrons. The summed E-state index contributed by atoms with van der Waals surface area (Å²) in [4.78, 5) is 122. The third-order valence-electron chi connectivity index (χ3n) is 10.1. The van der Waals surface area contributed by atoms with Crippen molar-refractivity contribution in [1.29, 1.82) is 0 Å². The van der Waals surface area contributed by atoms with Crippen molar-refractivity contribution in [2.75, 3.05) is 113 Å². The molecule has 2 rings (SSSR count). The van der Waals surface area contributed by atoms with E-state index in [1.54, 1.807) is 7.05 Å². The van der Waals surface area contributed by atoms with Crippen LogP contribution >= 0.6 is 0 Å². The predicted molar refractivity (Wildman–Crippen MR) is 245 cm³/mol. The van der Waals surface area contributed by atoms with Gasteiger partial charge < -0.3 is 82.8 Å². The van der Waals surface area contributed by atoms with Crippen LogP contribution < -0.4 is 21.3 Å². The van der Waals surface area contributed by atoms with Gasteiger partial charge in [0.15, 0.2) is 24.8 Å². The Kier molecular flexibility index (Phi) is 30.4. The number of Topliss-reactive ketones (excluding diaryl/α,β-unsaturated/α-hetero) is 1. The summed E-state index contributed by atoms with van der Waals surface area (Å²) in [6, 6.07) is -2.15. The Bertz CT molecular complexity index is 1810. The first kappa shape index (κ1) is 63.7. The average molecular weight is 1050 g/mol. The second kappa shape index (κ2) is 34.9. The number of carbonyl (C=O) groups is 10. The molecular weight excluding hydrogens is 979 g/mol. The highest BCUT2D eigenvalue weighted by molar-refractivity contribution is 5.82. The minimum atomic E-state index is -1.25. The SMILES string of the molecule is CC(=O)NC1C(OCCOCCOCCNC(=O)CN(C)CC(=O)NCCOCCOCCOC2OC(COC(C)=O)C(OC(C)=O)C(C(C)=O)C2NC(C)=O)OC(COC(C)=O)C(OC(C)=O)C1OC(C)=O. The molecule has 0 aromatic rings. The molecule has 2 heterocycles. The number of rotatable bonds is 34. The minimum Gasteiger partial charge on any atom is -0.463 e. The van der Waals surface area contributed by atoms with Crippen LogP contribution in [0.15, 0.2) is 0 Å².